The van der Waals surface area contributed by atoms with Crippen molar-refractivity contribution >= 4 is 5.97 Å². The Morgan fingerprint density at radius 1 is 1.37 bits per heavy atom. The fourth-order valence-electron chi connectivity index (χ4n) is 1.33. The van der Waals surface area contributed by atoms with Crippen molar-refractivity contribution in [3.63, 3.8) is 0 Å². The van der Waals surface area contributed by atoms with Gasteiger partial charge in [0.25, 0.3) is 0 Å². The van der Waals surface area contributed by atoms with Crippen molar-refractivity contribution in [2.24, 2.45) is 0 Å². The van der Waals surface area contributed by atoms with Crippen LogP contribution in [0.25, 0.3) is 0 Å². The van der Waals surface area contributed by atoms with Crippen molar-refractivity contribution in [1.29, 1.82) is 0 Å². The van der Waals surface area contributed by atoms with Gasteiger partial charge in [0, 0.05) is 11.6 Å². The molecule has 0 radical (unpaired) electrons. The van der Waals surface area contributed by atoms with Crippen molar-refractivity contribution in [2.75, 3.05) is 14.2 Å². The standard InChI is InChI=1S/C11H12F3NO4/c1-6-7(4-10(16)18-3)15-9(17-2)5-8(6)19-11(12,13)14/h5H,4H2,1-3H3. The molecule has 0 saturated carbocycles. The van der Waals surface area contributed by atoms with Gasteiger partial charge < -0.3 is 14.2 Å². The number of carbonyl (C=O) groups is 1. The first-order valence-corrected chi connectivity index (χ1v) is 5.14. The van der Waals surface area contributed by atoms with Crippen LogP contribution in [0.15, 0.2) is 6.07 Å². The van der Waals surface area contributed by atoms with E-state index in [0.717, 1.165) is 6.07 Å². The average Bonchev–Trinajstić information content (AvgIpc) is 2.32. The lowest BCUT2D eigenvalue weighted by molar-refractivity contribution is -0.274. The summed E-state index contributed by atoms with van der Waals surface area (Å²) in [6.45, 7) is 1.37. The summed E-state index contributed by atoms with van der Waals surface area (Å²) >= 11 is 0. The molecular weight excluding hydrogens is 267 g/mol. The number of aromatic nitrogens is 1. The lowest BCUT2D eigenvalue weighted by Gasteiger charge is -2.14. The maximum atomic E-state index is 12.2. The Hall–Kier alpha value is -1.99. The van der Waals surface area contributed by atoms with E-state index in [9.17, 15) is 18.0 Å². The van der Waals surface area contributed by atoms with Crippen LogP contribution in [-0.2, 0) is 16.0 Å². The number of halogens is 3. The Kier molecular flexibility index (Phi) is 4.57. The summed E-state index contributed by atoms with van der Waals surface area (Å²) in [6, 6.07) is 1.00. The first-order valence-electron chi connectivity index (χ1n) is 5.14. The molecule has 106 valence electrons. The van der Waals surface area contributed by atoms with Crippen LogP contribution in [-0.4, -0.2) is 31.5 Å². The summed E-state index contributed by atoms with van der Waals surface area (Å²) in [4.78, 5) is 15.1. The van der Waals surface area contributed by atoms with Crippen LogP contribution in [0.3, 0.4) is 0 Å². The number of ether oxygens (including phenoxy) is 3. The van der Waals surface area contributed by atoms with Crippen molar-refractivity contribution in [3.8, 4) is 11.6 Å². The maximum Gasteiger partial charge on any atom is 0.573 e. The zero-order valence-corrected chi connectivity index (χ0v) is 10.5. The van der Waals surface area contributed by atoms with Crippen LogP contribution >= 0.6 is 0 Å². The molecule has 19 heavy (non-hydrogen) atoms. The number of nitrogens with zero attached hydrogens (tertiary/aromatic N) is 1. The van der Waals surface area contributed by atoms with Gasteiger partial charge in [-0.25, -0.2) is 4.98 Å². The minimum Gasteiger partial charge on any atom is -0.481 e. The third-order valence-electron chi connectivity index (χ3n) is 2.28. The van der Waals surface area contributed by atoms with Gasteiger partial charge in [-0.1, -0.05) is 0 Å². The first kappa shape index (κ1) is 15.1. The van der Waals surface area contributed by atoms with Gasteiger partial charge in [0.1, 0.15) is 5.75 Å². The number of esters is 1. The SMILES string of the molecule is COC(=O)Cc1nc(OC)cc(OC(F)(F)F)c1C. The molecule has 1 aromatic rings. The van der Waals surface area contributed by atoms with E-state index in [1.807, 2.05) is 0 Å². The van der Waals surface area contributed by atoms with Crippen LogP contribution in [0.4, 0.5) is 13.2 Å². The van der Waals surface area contributed by atoms with Gasteiger partial charge in [-0.15, -0.1) is 13.2 Å². The molecular formula is C11H12F3NO4. The molecule has 8 heteroatoms. The molecule has 0 atom stereocenters. The number of methoxy groups -OCH3 is 2. The van der Waals surface area contributed by atoms with E-state index in [0.29, 0.717) is 0 Å². The molecule has 1 heterocycles. The number of pyridine rings is 1. The zero-order chi connectivity index (χ0) is 14.6. The second kappa shape index (κ2) is 5.77. The smallest absolute Gasteiger partial charge is 0.481 e. The molecule has 0 bridgehead atoms. The number of carbonyl (C=O) groups excluding carboxylic acids is 1. The Morgan fingerprint density at radius 3 is 2.47 bits per heavy atom. The zero-order valence-electron chi connectivity index (χ0n) is 10.5. The Bertz CT molecular complexity index is 474. The maximum absolute atomic E-state index is 12.2. The van der Waals surface area contributed by atoms with Crippen LogP contribution in [0, 0.1) is 6.92 Å². The van der Waals surface area contributed by atoms with E-state index >= 15 is 0 Å². The van der Waals surface area contributed by atoms with Crippen LogP contribution < -0.4 is 9.47 Å². The second-order valence-corrected chi connectivity index (χ2v) is 3.54. The molecule has 1 aromatic heterocycles. The summed E-state index contributed by atoms with van der Waals surface area (Å²) in [6.07, 6.45) is -5.10. The summed E-state index contributed by atoms with van der Waals surface area (Å²) < 4.78 is 49.8. The third kappa shape index (κ3) is 4.31. The van der Waals surface area contributed by atoms with Crippen molar-refractivity contribution < 1.29 is 32.2 Å². The molecule has 0 fully saturated rings. The largest absolute Gasteiger partial charge is 0.573 e. The molecule has 0 amide bonds. The van der Waals surface area contributed by atoms with Gasteiger partial charge in [-0.3, -0.25) is 4.79 Å². The number of hydrogen-bond donors (Lipinski definition) is 0. The van der Waals surface area contributed by atoms with Gasteiger partial charge in [0.2, 0.25) is 5.88 Å². The fraction of sp³-hybridized carbons (Fsp3) is 0.455. The van der Waals surface area contributed by atoms with E-state index in [2.05, 4.69) is 14.5 Å². The summed E-state index contributed by atoms with van der Waals surface area (Å²) in [5.74, 6) is -1.16. The highest BCUT2D eigenvalue weighted by molar-refractivity contribution is 5.72. The van der Waals surface area contributed by atoms with Gasteiger partial charge in [0.05, 0.1) is 26.3 Å². The Labute approximate surface area is 107 Å². The van der Waals surface area contributed by atoms with E-state index in [1.54, 1.807) is 0 Å². The van der Waals surface area contributed by atoms with E-state index < -0.39 is 18.1 Å². The molecule has 0 aliphatic carbocycles. The van der Waals surface area contributed by atoms with Crippen LogP contribution in [0.2, 0.25) is 0 Å². The van der Waals surface area contributed by atoms with Crippen molar-refractivity contribution in [3.05, 3.63) is 17.3 Å². The summed E-state index contributed by atoms with van der Waals surface area (Å²) in [5, 5.41) is 0. The lowest BCUT2D eigenvalue weighted by atomic mass is 10.1. The third-order valence-corrected chi connectivity index (χ3v) is 2.28. The van der Waals surface area contributed by atoms with E-state index in [-0.39, 0.29) is 23.6 Å². The van der Waals surface area contributed by atoms with Crippen molar-refractivity contribution in [1.82, 2.24) is 4.98 Å². The lowest BCUT2D eigenvalue weighted by Crippen LogP contribution is -2.19. The normalized spacial score (nSPS) is 11.1. The minimum atomic E-state index is -4.83. The monoisotopic (exact) mass is 279 g/mol. The predicted molar refractivity (Wildman–Crippen MR) is 57.9 cm³/mol. The minimum absolute atomic E-state index is 0.0799. The molecule has 0 spiro atoms. The Morgan fingerprint density at radius 2 is 2.00 bits per heavy atom. The molecule has 1 rings (SSSR count). The molecule has 0 unspecified atom stereocenters. The number of rotatable bonds is 4. The fourth-order valence-corrected chi connectivity index (χ4v) is 1.33. The molecule has 0 saturated heterocycles. The molecule has 0 N–H and O–H groups in total. The number of alkyl halides is 3. The van der Waals surface area contributed by atoms with E-state index in [4.69, 9.17) is 4.74 Å². The predicted octanol–water partition coefficient (Wildman–Crippen LogP) is 2.01. The molecule has 5 nitrogen and oxygen atoms in total. The quantitative estimate of drug-likeness (QED) is 0.789. The highest BCUT2D eigenvalue weighted by Crippen LogP contribution is 2.30. The highest BCUT2D eigenvalue weighted by Gasteiger charge is 2.32. The molecule has 0 aromatic carbocycles. The average molecular weight is 279 g/mol. The van der Waals surface area contributed by atoms with Crippen molar-refractivity contribution in [2.45, 2.75) is 19.7 Å². The summed E-state index contributed by atoms with van der Waals surface area (Å²) in [5.41, 5.74) is 0.203. The molecule has 0 aliphatic rings. The molecule has 0 aliphatic heterocycles. The highest BCUT2D eigenvalue weighted by atomic mass is 19.4. The van der Waals surface area contributed by atoms with Gasteiger partial charge in [-0.2, -0.15) is 0 Å². The van der Waals surface area contributed by atoms with Crippen LogP contribution in [0.5, 0.6) is 11.6 Å². The van der Waals surface area contributed by atoms with Gasteiger partial charge >= 0.3 is 12.3 Å². The number of hydrogen-bond acceptors (Lipinski definition) is 5. The van der Waals surface area contributed by atoms with Gasteiger partial charge in [-0.05, 0) is 6.92 Å². The second-order valence-electron chi connectivity index (χ2n) is 3.54. The topological polar surface area (TPSA) is 57.7 Å². The first-order chi connectivity index (χ1) is 8.76. The van der Waals surface area contributed by atoms with Gasteiger partial charge in [0.15, 0.2) is 0 Å². The van der Waals surface area contributed by atoms with E-state index in [1.165, 1.54) is 21.1 Å². The van der Waals surface area contributed by atoms with Crippen LogP contribution in [0.1, 0.15) is 11.3 Å². The Balaban J connectivity index is 3.17. The summed E-state index contributed by atoms with van der Waals surface area (Å²) in [7, 11) is 2.42.